The van der Waals surface area contributed by atoms with E-state index in [2.05, 4.69) is 11.9 Å². The number of anilines is 1. The van der Waals surface area contributed by atoms with Gasteiger partial charge in [0.05, 0.1) is 15.7 Å². The van der Waals surface area contributed by atoms with Gasteiger partial charge in [-0.2, -0.15) is 0 Å². The summed E-state index contributed by atoms with van der Waals surface area (Å²) in [6.45, 7) is 11.5. The molecule has 5 heteroatoms. The largest absolute Gasteiger partial charge is 0.340 e. The van der Waals surface area contributed by atoms with Crippen LogP contribution < -0.4 is 10.2 Å². The van der Waals surface area contributed by atoms with Gasteiger partial charge >= 0.3 is 6.03 Å². The maximum atomic E-state index is 12.1. The smallest absolute Gasteiger partial charge is 0.326 e. The normalized spacial score (nSPS) is 9.10. The van der Waals surface area contributed by atoms with Crippen LogP contribution in [0.15, 0.2) is 42.1 Å². The topological polar surface area (TPSA) is 32.3 Å². The van der Waals surface area contributed by atoms with E-state index in [-0.39, 0.29) is 6.03 Å². The van der Waals surface area contributed by atoms with Gasteiger partial charge < -0.3 is 5.32 Å². The number of rotatable bonds is 3. The fourth-order valence-corrected chi connectivity index (χ4v) is 2.23. The third kappa shape index (κ3) is 4.80. The molecule has 0 fully saturated rings. The number of hydrogen-bond acceptors (Lipinski definition) is 1. The fraction of sp³-hybridized carbons (Fsp3) is 0.312. The highest BCUT2D eigenvalue weighted by atomic mass is 35.5. The molecule has 0 aliphatic rings. The Morgan fingerprint density at radius 3 is 2.05 bits per heavy atom. The molecule has 0 atom stereocenters. The quantitative estimate of drug-likeness (QED) is 0.715. The third-order valence-electron chi connectivity index (χ3n) is 2.52. The van der Waals surface area contributed by atoms with Gasteiger partial charge in [0.25, 0.3) is 0 Å². The molecule has 0 saturated heterocycles. The molecule has 0 bridgehead atoms. The molecule has 1 aromatic carbocycles. The summed E-state index contributed by atoms with van der Waals surface area (Å²) >= 11 is 12.3. The SMILES string of the molecule is C=CC(=C(C)C)N(C(=O)NC)c1c(Cl)cccc1Cl.CC. The first-order chi connectivity index (χ1) is 9.93. The Labute approximate surface area is 137 Å². The summed E-state index contributed by atoms with van der Waals surface area (Å²) in [6, 6.07) is 4.77. The fourth-order valence-electron chi connectivity index (χ4n) is 1.66. The highest BCUT2D eigenvalue weighted by Crippen LogP contribution is 2.36. The van der Waals surface area contributed by atoms with Crippen LogP contribution >= 0.6 is 23.2 Å². The second kappa shape index (κ2) is 9.48. The predicted octanol–water partition coefficient (Wildman–Crippen LogP) is 5.65. The zero-order valence-corrected chi connectivity index (χ0v) is 14.6. The average Bonchev–Trinajstić information content (AvgIpc) is 2.47. The summed E-state index contributed by atoms with van der Waals surface area (Å²) in [7, 11) is 1.55. The lowest BCUT2D eigenvalue weighted by Crippen LogP contribution is -2.37. The number of halogens is 2. The van der Waals surface area contributed by atoms with Gasteiger partial charge in [0.15, 0.2) is 0 Å². The Morgan fingerprint density at radius 1 is 1.24 bits per heavy atom. The lowest BCUT2D eigenvalue weighted by molar-refractivity contribution is 0.250. The first kappa shape index (κ1) is 19.6. The lowest BCUT2D eigenvalue weighted by Gasteiger charge is -2.26. The Hall–Kier alpha value is -1.45. The number of allylic oxidation sites excluding steroid dienone is 2. The van der Waals surface area contributed by atoms with Gasteiger partial charge in [-0.15, -0.1) is 0 Å². The summed E-state index contributed by atoms with van der Waals surface area (Å²) in [5.41, 5.74) is 2.02. The molecule has 0 aliphatic carbocycles. The van der Waals surface area contributed by atoms with Gasteiger partial charge in [-0.1, -0.05) is 55.3 Å². The van der Waals surface area contributed by atoms with Crippen molar-refractivity contribution >= 4 is 34.9 Å². The van der Waals surface area contributed by atoms with Gasteiger partial charge in [0, 0.05) is 12.7 Å². The molecule has 3 nitrogen and oxygen atoms in total. The molecule has 0 aliphatic heterocycles. The van der Waals surface area contributed by atoms with E-state index >= 15 is 0 Å². The van der Waals surface area contributed by atoms with Crippen molar-refractivity contribution in [2.45, 2.75) is 27.7 Å². The minimum Gasteiger partial charge on any atom is -0.340 e. The zero-order chi connectivity index (χ0) is 16.6. The minimum atomic E-state index is -0.328. The van der Waals surface area contributed by atoms with Crippen LogP contribution in [-0.2, 0) is 0 Å². The monoisotopic (exact) mass is 328 g/mol. The molecule has 0 saturated carbocycles. The Kier molecular flexibility index (Phi) is 8.83. The molecule has 0 heterocycles. The molecule has 1 N–H and O–H groups in total. The molecule has 0 unspecified atom stereocenters. The van der Waals surface area contributed by atoms with Crippen LogP contribution in [0, 0.1) is 0 Å². The molecule has 116 valence electrons. The van der Waals surface area contributed by atoms with Crippen LogP contribution in [-0.4, -0.2) is 13.1 Å². The molecule has 0 aromatic heterocycles. The second-order valence-corrected chi connectivity index (χ2v) is 4.86. The summed E-state index contributed by atoms with van der Waals surface area (Å²) in [5, 5.41) is 3.37. The van der Waals surface area contributed by atoms with Gasteiger partial charge in [0.1, 0.15) is 0 Å². The van der Waals surface area contributed by atoms with E-state index in [1.807, 2.05) is 27.7 Å². The number of carbonyl (C=O) groups is 1. The van der Waals surface area contributed by atoms with E-state index < -0.39 is 0 Å². The summed E-state index contributed by atoms with van der Waals surface area (Å²) in [4.78, 5) is 13.6. The summed E-state index contributed by atoms with van der Waals surface area (Å²) < 4.78 is 0. The molecular formula is C16H22Cl2N2O. The van der Waals surface area contributed by atoms with E-state index in [1.165, 1.54) is 4.90 Å². The van der Waals surface area contributed by atoms with Crippen molar-refractivity contribution in [3.63, 3.8) is 0 Å². The van der Waals surface area contributed by atoms with Gasteiger partial charge in [-0.05, 0) is 32.1 Å². The standard InChI is InChI=1S/C14H16Cl2N2O.C2H6/c1-5-12(9(2)3)18(14(19)17-4)13-10(15)7-6-8-11(13)16;1-2/h5-8H,1H2,2-4H3,(H,17,19);1-2H3. The van der Waals surface area contributed by atoms with Crippen molar-refractivity contribution in [1.82, 2.24) is 5.32 Å². The lowest BCUT2D eigenvalue weighted by atomic mass is 10.2. The van der Waals surface area contributed by atoms with Crippen LogP contribution in [0.1, 0.15) is 27.7 Å². The third-order valence-corrected chi connectivity index (χ3v) is 3.13. The number of carbonyl (C=O) groups excluding carboxylic acids is 1. The van der Waals surface area contributed by atoms with Crippen molar-refractivity contribution in [2.24, 2.45) is 0 Å². The average molecular weight is 329 g/mol. The molecule has 0 spiro atoms. The number of nitrogens with one attached hydrogen (secondary N) is 1. The van der Waals surface area contributed by atoms with Gasteiger partial charge in [-0.3, -0.25) is 4.90 Å². The van der Waals surface area contributed by atoms with Crippen LogP contribution in [0.25, 0.3) is 0 Å². The first-order valence-electron chi connectivity index (χ1n) is 6.69. The van der Waals surface area contributed by atoms with Crippen LogP contribution in [0.4, 0.5) is 10.5 Å². The Morgan fingerprint density at radius 2 is 1.71 bits per heavy atom. The maximum absolute atomic E-state index is 12.1. The molecule has 0 radical (unpaired) electrons. The Bertz CT molecular complexity index is 515. The number of amides is 2. The molecule has 21 heavy (non-hydrogen) atoms. The van der Waals surface area contributed by atoms with E-state index in [9.17, 15) is 4.79 Å². The van der Waals surface area contributed by atoms with Crippen LogP contribution in [0.5, 0.6) is 0 Å². The van der Waals surface area contributed by atoms with E-state index in [4.69, 9.17) is 23.2 Å². The number of nitrogens with zero attached hydrogens (tertiary/aromatic N) is 1. The minimum absolute atomic E-state index is 0.328. The number of benzene rings is 1. The molecule has 1 aromatic rings. The first-order valence-corrected chi connectivity index (χ1v) is 7.45. The molecule has 1 rings (SSSR count). The van der Waals surface area contributed by atoms with E-state index in [0.29, 0.717) is 21.4 Å². The highest BCUT2D eigenvalue weighted by Gasteiger charge is 2.23. The van der Waals surface area contributed by atoms with E-state index in [0.717, 1.165) is 5.57 Å². The Balaban J connectivity index is 0.00000191. The zero-order valence-electron chi connectivity index (χ0n) is 13.1. The van der Waals surface area contributed by atoms with Crippen molar-refractivity contribution in [3.05, 3.63) is 52.2 Å². The van der Waals surface area contributed by atoms with E-state index in [1.54, 1.807) is 31.3 Å². The van der Waals surface area contributed by atoms with Crippen molar-refractivity contribution in [3.8, 4) is 0 Å². The van der Waals surface area contributed by atoms with Crippen molar-refractivity contribution in [1.29, 1.82) is 0 Å². The van der Waals surface area contributed by atoms with Crippen LogP contribution in [0.3, 0.4) is 0 Å². The number of para-hydroxylation sites is 1. The summed E-state index contributed by atoms with van der Waals surface area (Å²) in [5.74, 6) is 0. The predicted molar refractivity (Wildman–Crippen MR) is 93.3 cm³/mol. The molecule has 2 amide bonds. The van der Waals surface area contributed by atoms with Crippen molar-refractivity contribution in [2.75, 3.05) is 11.9 Å². The highest BCUT2D eigenvalue weighted by molar-refractivity contribution is 6.40. The maximum Gasteiger partial charge on any atom is 0.326 e. The van der Waals surface area contributed by atoms with Crippen LogP contribution in [0.2, 0.25) is 10.0 Å². The number of urea groups is 1. The molecular weight excluding hydrogens is 307 g/mol. The van der Waals surface area contributed by atoms with Gasteiger partial charge in [-0.25, -0.2) is 4.79 Å². The van der Waals surface area contributed by atoms with Gasteiger partial charge in [0.2, 0.25) is 0 Å². The second-order valence-electron chi connectivity index (χ2n) is 4.05. The number of hydrogen-bond donors (Lipinski definition) is 1. The van der Waals surface area contributed by atoms with Crippen molar-refractivity contribution < 1.29 is 4.79 Å². The summed E-state index contributed by atoms with van der Waals surface area (Å²) in [6.07, 6.45) is 1.60.